The highest BCUT2D eigenvalue weighted by Crippen LogP contribution is 2.28. The third-order valence-electron chi connectivity index (χ3n) is 6.17. The van der Waals surface area contributed by atoms with Gasteiger partial charge in [0.05, 0.1) is 26.5 Å². The highest BCUT2D eigenvalue weighted by molar-refractivity contribution is 7.86. The zero-order chi connectivity index (χ0) is 25.1. The fourth-order valence-electron chi connectivity index (χ4n) is 4.14. The van der Waals surface area contributed by atoms with Crippen LogP contribution in [0.2, 0.25) is 10.0 Å². The zero-order valence-corrected chi connectivity index (χ0v) is 21.6. The number of Topliss-reactive ketones (excluding diaryl/α,β-unsaturated/α-hetero) is 1. The number of amides is 1. The molecule has 1 saturated heterocycles. The third-order valence-corrected chi connectivity index (χ3v) is 8.20. The molecule has 0 saturated carbocycles. The molecule has 10 heteroatoms. The second-order valence-electron chi connectivity index (χ2n) is 8.28. The van der Waals surface area contributed by atoms with E-state index in [0.29, 0.717) is 28.6 Å². The Morgan fingerprint density at radius 1 is 1.00 bits per heavy atom. The molecular weight excluding hydrogens is 507 g/mol. The number of anilines is 1. The maximum atomic E-state index is 13.3. The van der Waals surface area contributed by atoms with Crippen molar-refractivity contribution in [3.8, 4) is 0 Å². The predicted molar refractivity (Wildman–Crippen MR) is 138 cm³/mol. The van der Waals surface area contributed by atoms with E-state index in [1.54, 1.807) is 18.2 Å². The number of benzene rings is 2. The van der Waals surface area contributed by atoms with Crippen LogP contribution in [0.5, 0.6) is 0 Å². The van der Waals surface area contributed by atoms with Crippen LogP contribution in [0.3, 0.4) is 0 Å². The summed E-state index contributed by atoms with van der Waals surface area (Å²) < 4.78 is 12.8. The van der Waals surface area contributed by atoms with Gasteiger partial charge in [-0.15, -0.1) is 0 Å². The SMILES string of the molecule is CC1C(C)N(c2cccc(Cl)c2)CCN1C(=O)c1ccc(S(=O)CC(=O)c2ncccn2)c(Cl)c1. The molecular formula is C25H24Cl2N4O3S. The van der Waals surface area contributed by atoms with Gasteiger partial charge in [-0.25, -0.2) is 9.97 Å². The summed E-state index contributed by atoms with van der Waals surface area (Å²) in [5.41, 5.74) is 1.43. The minimum Gasteiger partial charge on any atom is -0.365 e. The molecule has 0 spiro atoms. The molecule has 0 N–H and O–H groups in total. The van der Waals surface area contributed by atoms with Crippen LogP contribution in [0.25, 0.3) is 0 Å². The summed E-state index contributed by atoms with van der Waals surface area (Å²) in [5.74, 6) is -0.885. The van der Waals surface area contributed by atoms with Crippen LogP contribution in [0.15, 0.2) is 65.8 Å². The van der Waals surface area contributed by atoms with Gasteiger partial charge in [-0.2, -0.15) is 0 Å². The van der Waals surface area contributed by atoms with Crippen LogP contribution in [0, 0.1) is 0 Å². The van der Waals surface area contributed by atoms with Gasteiger partial charge in [0.2, 0.25) is 5.78 Å². The Labute approximate surface area is 216 Å². The number of hydrogen-bond donors (Lipinski definition) is 0. The van der Waals surface area contributed by atoms with Crippen LogP contribution in [-0.4, -0.2) is 61.7 Å². The van der Waals surface area contributed by atoms with E-state index in [0.717, 1.165) is 5.69 Å². The number of aromatic nitrogens is 2. The summed E-state index contributed by atoms with van der Waals surface area (Å²) in [7, 11) is -1.70. The van der Waals surface area contributed by atoms with Crippen molar-refractivity contribution in [3.05, 3.63) is 82.4 Å². The first-order valence-corrected chi connectivity index (χ1v) is 13.1. The number of ketones is 1. The summed E-state index contributed by atoms with van der Waals surface area (Å²) in [6.07, 6.45) is 2.90. The van der Waals surface area contributed by atoms with E-state index in [1.807, 2.05) is 36.1 Å². The van der Waals surface area contributed by atoms with Crippen molar-refractivity contribution in [2.24, 2.45) is 0 Å². The first kappa shape index (κ1) is 25.3. The summed E-state index contributed by atoms with van der Waals surface area (Å²) >= 11 is 12.6. The molecule has 2 heterocycles. The number of hydrogen-bond acceptors (Lipinski definition) is 6. The molecule has 35 heavy (non-hydrogen) atoms. The molecule has 0 bridgehead atoms. The van der Waals surface area contributed by atoms with Gasteiger partial charge in [0.25, 0.3) is 5.91 Å². The van der Waals surface area contributed by atoms with Gasteiger partial charge in [0.1, 0.15) is 0 Å². The predicted octanol–water partition coefficient (Wildman–Crippen LogP) is 4.51. The number of rotatable bonds is 6. The molecule has 3 aromatic rings. The molecule has 182 valence electrons. The van der Waals surface area contributed by atoms with Crippen LogP contribution in [0.4, 0.5) is 5.69 Å². The summed E-state index contributed by atoms with van der Waals surface area (Å²) in [6, 6.07) is 14.0. The maximum absolute atomic E-state index is 13.3. The van der Waals surface area contributed by atoms with Gasteiger partial charge in [-0.05, 0) is 56.3 Å². The topological polar surface area (TPSA) is 83.5 Å². The molecule has 0 aliphatic carbocycles. The molecule has 3 unspecified atom stereocenters. The standard InChI is InChI=1S/C25H24Cl2N4O3S/c1-16-17(2)31(12-11-30(16)20-6-3-5-19(26)14-20)25(33)18-7-8-23(21(27)13-18)35(34)15-22(32)24-28-9-4-10-29-24/h3-10,13-14,16-17H,11-12,15H2,1-2H3. The van der Waals surface area contributed by atoms with Crippen molar-refractivity contribution < 1.29 is 13.8 Å². The van der Waals surface area contributed by atoms with E-state index in [4.69, 9.17) is 23.2 Å². The van der Waals surface area contributed by atoms with Crippen molar-refractivity contribution in [3.63, 3.8) is 0 Å². The molecule has 7 nitrogen and oxygen atoms in total. The van der Waals surface area contributed by atoms with Gasteiger partial charge in [-0.1, -0.05) is 29.3 Å². The molecule has 1 amide bonds. The van der Waals surface area contributed by atoms with E-state index in [1.165, 1.54) is 18.5 Å². The first-order valence-electron chi connectivity index (χ1n) is 11.1. The fourth-order valence-corrected chi connectivity index (χ4v) is 5.78. The van der Waals surface area contributed by atoms with Crippen LogP contribution < -0.4 is 4.90 Å². The fraction of sp³-hybridized carbons (Fsp3) is 0.280. The molecule has 3 atom stereocenters. The third kappa shape index (κ3) is 5.55. The van der Waals surface area contributed by atoms with E-state index in [9.17, 15) is 13.8 Å². The van der Waals surface area contributed by atoms with Crippen molar-refractivity contribution in [1.29, 1.82) is 0 Å². The first-order chi connectivity index (χ1) is 16.8. The van der Waals surface area contributed by atoms with Crippen molar-refractivity contribution >= 4 is 51.4 Å². The van der Waals surface area contributed by atoms with Gasteiger partial charge < -0.3 is 9.80 Å². The van der Waals surface area contributed by atoms with Crippen molar-refractivity contribution in [2.45, 2.75) is 30.8 Å². The Morgan fingerprint density at radius 3 is 2.43 bits per heavy atom. The molecule has 1 aliphatic rings. The van der Waals surface area contributed by atoms with Crippen LogP contribution in [-0.2, 0) is 10.8 Å². The van der Waals surface area contributed by atoms with Gasteiger partial charge >= 0.3 is 0 Å². The second-order valence-corrected chi connectivity index (χ2v) is 10.5. The molecule has 2 aromatic carbocycles. The lowest BCUT2D eigenvalue weighted by molar-refractivity contribution is 0.0634. The van der Waals surface area contributed by atoms with Gasteiger partial charge in [-0.3, -0.25) is 13.8 Å². The molecule has 1 fully saturated rings. The lowest BCUT2D eigenvalue weighted by atomic mass is 10.0. The minimum absolute atomic E-state index is 0.00351. The average Bonchev–Trinajstić information content (AvgIpc) is 2.85. The normalized spacial score (nSPS) is 18.9. The minimum atomic E-state index is -1.70. The Bertz CT molecular complexity index is 1270. The van der Waals surface area contributed by atoms with Crippen molar-refractivity contribution in [2.75, 3.05) is 23.7 Å². The lowest BCUT2D eigenvalue weighted by Gasteiger charge is -2.46. The van der Waals surface area contributed by atoms with Gasteiger partial charge in [0.15, 0.2) is 5.82 Å². The largest absolute Gasteiger partial charge is 0.365 e. The average molecular weight is 531 g/mol. The monoisotopic (exact) mass is 530 g/mol. The highest BCUT2D eigenvalue weighted by atomic mass is 35.5. The van der Waals surface area contributed by atoms with Gasteiger partial charge in [0, 0.05) is 53.8 Å². The number of piperazine rings is 1. The second kappa shape index (κ2) is 10.8. The van der Waals surface area contributed by atoms with Crippen LogP contribution in [0.1, 0.15) is 34.8 Å². The smallest absolute Gasteiger partial charge is 0.254 e. The van der Waals surface area contributed by atoms with Crippen LogP contribution >= 0.6 is 23.2 Å². The highest BCUT2D eigenvalue weighted by Gasteiger charge is 2.34. The Morgan fingerprint density at radius 2 is 1.74 bits per heavy atom. The number of carbonyl (C=O) groups is 2. The summed E-state index contributed by atoms with van der Waals surface area (Å²) in [4.78, 5) is 37.8. The maximum Gasteiger partial charge on any atom is 0.254 e. The quantitative estimate of drug-likeness (QED) is 0.436. The number of carbonyl (C=O) groups excluding carboxylic acids is 2. The number of halogens is 2. The van der Waals surface area contributed by atoms with E-state index in [2.05, 4.69) is 21.8 Å². The molecule has 1 aliphatic heterocycles. The number of nitrogens with zero attached hydrogens (tertiary/aromatic N) is 4. The Kier molecular flexibility index (Phi) is 7.84. The Balaban J connectivity index is 1.46. The van der Waals surface area contributed by atoms with E-state index < -0.39 is 16.6 Å². The molecule has 4 rings (SSSR count). The molecule has 0 radical (unpaired) electrons. The lowest BCUT2D eigenvalue weighted by Crippen LogP contribution is -2.59. The van der Waals surface area contributed by atoms with Crippen molar-refractivity contribution in [1.82, 2.24) is 14.9 Å². The molecule has 1 aromatic heterocycles. The van der Waals surface area contributed by atoms with E-state index >= 15 is 0 Å². The Hall–Kier alpha value is -2.81. The zero-order valence-electron chi connectivity index (χ0n) is 19.2. The summed E-state index contributed by atoms with van der Waals surface area (Å²) in [6.45, 7) is 5.30. The van der Waals surface area contributed by atoms with E-state index in [-0.39, 0.29) is 34.6 Å². The summed E-state index contributed by atoms with van der Waals surface area (Å²) in [5, 5.41) is 0.847.